The predicted octanol–water partition coefficient (Wildman–Crippen LogP) is 3.19. The molecule has 0 atom stereocenters. The number of aromatic nitrogens is 3. The van der Waals surface area contributed by atoms with Gasteiger partial charge in [-0.05, 0) is 43.2 Å². The summed E-state index contributed by atoms with van der Waals surface area (Å²) >= 11 is 0. The molecule has 2 aromatic heterocycles. The van der Waals surface area contributed by atoms with E-state index in [9.17, 15) is 4.79 Å². The number of amides is 1. The van der Waals surface area contributed by atoms with Gasteiger partial charge in [-0.1, -0.05) is 6.07 Å². The molecule has 7 nitrogen and oxygen atoms in total. The van der Waals surface area contributed by atoms with E-state index >= 15 is 0 Å². The van der Waals surface area contributed by atoms with Crippen molar-refractivity contribution in [3.8, 4) is 11.1 Å². The number of aryl methyl sites for hydroxylation is 3. The zero-order valence-electron chi connectivity index (χ0n) is 17.0. The van der Waals surface area contributed by atoms with Gasteiger partial charge in [0.2, 0.25) is 5.95 Å². The minimum atomic E-state index is -0.146. The van der Waals surface area contributed by atoms with Crippen LogP contribution in [0.25, 0.3) is 11.1 Å². The highest BCUT2D eigenvalue weighted by Gasteiger charge is 2.16. The maximum Gasteiger partial charge on any atom is 0.272 e. The number of nitrogens with one attached hydrogen (secondary N) is 1. The van der Waals surface area contributed by atoms with Gasteiger partial charge in [-0.15, -0.1) is 0 Å². The normalized spacial score (nSPS) is 14.1. The lowest BCUT2D eigenvalue weighted by Gasteiger charge is -2.26. The Morgan fingerprint density at radius 1 is 1.03 bits per heavy atom. The summed E-state index contributed by atoms with van der Waals surface area (Å²) in [5, 5.41) is 2.97. The minimum absolute atomic E-state index is 0.146. The third kappa shape index (κ3) is 4.14. The summed E-state index contributed by atoms with van der Waals surface area (Å²) in [6.07, 6.45) is 5.53. The third-order valence-corrected chi connectivity index (χ3v) is 5.27. The molecule has 4 rings (SSSR count). The fraction of sp³-hybridized carbons (Fsp3) is 0.318. The molecule has 0 unspecified atom stereocenters. The van der Waals surface area contributed by atoms with E-state index in [0.717, 1.165) is 35.5 Å². The summed E-state index contributed by atoms with van der Waals surface area (Å²) in [7, 11) is 1.86. The molecule has 1 fully saturated rings. The molecule has 7 heteroatoms. The van der Waals surface area contributed by atoms with Gasteiger partial charge in [-0.25, -0.2) is 9.97 Å². The van der Waals surface area contributed by atoms with E-state index in [1.165, 1.54) is 5.56 Å². The van der Waals surface area contributed by atoms with Crippen molar-refractivity contribution in [3.05, 3.63) is 59.7 Å². The van der Waals surface area contributed by atoms with Crippen LogP contribution in [-0.2, 0) is 11.8 Å². The molecule has 0 saturated carbocycles. The van der Waals surface area contributed by atoms with Gasteiger partial charge in [0, 0.05) is 55.5 Å². The summed E-state index contributed by atoms with van der Waals surface area (Å²) in [6.45, 7) is 7.08. The first-order valence-corrected chi connectivity index (χ1v) is 9.71. The molecule has 1 amide bonds. The maximum absolute atomic E-state index is 12.8. The molecule has 1 aliphatic rings. The molecule has 0 spiro atoms. The number of rotatable bonds is 4. The second kappa shape index (κ2) is 8.05. The number of hydrogen-bond acceptors (Lipinski definition) is 5. The van der Waals surface area contributed by atoms with E-state index in [0.29, 0.717) is 24.9 Å². The second-order valence-corrected chi connectivity index (χ2v) is 7.35. The van der Waals surface area contributed by atoms with E-state index in [-0.39, 0.29) is 5.91 Å². The van der Waals surface area contributed by atoms with E-state index in [1.54, 1.807) is 12.4 Å². The molecule has 3 aromatic rings. The van der Waals surface area contributed by atoms with Gasteiger partial charge in [-0.2, -0.15) is 0 Å². The van der Waals surface area contributed by atoms with Crippen LogP contribution in [0.15, 0.2) is 42.9 Å². The quantitative estimate of drug-likeness (QED) is 0.740. The predicted molar refractivity (Wildman–Crippen MR) is 113 cm³/mol. The van der Waals surface area contributed by atoms with Crippen LogP contribution in [0.1, 0.15) is 21.6 Å². The van der Waals surface area contributed by atoms with Crippen LogP contribution in [0.2, 0.25) is 0 Å². The fourth-order valence-corrected chi connectivity index (χ4v) is 3.36. The van der Waals surface area contributed by atoms with Gasteiger partial charge in [0.15, 0.2) is 0 Å². The Hall–Kier alpha value is -3.19. The van der Waals surface area contributed by atoms with Gasteiger partial charge in [0.25, 0.3) is 5.91 Å². The number of nitrogens with zero attached hydrogens (tertiary/aromatic N) is 4. The topological polar surface area (TPSA) is 72.3 Å². The molecule has 1 aromatic carbocycles. The molecule has 3 heterocycles. The Bertz CT molecular complexity index is 1020. The summed E-state index contributed by atoms with van der Waals surface area (Å²) in [4.78, 5) is 23.9. The first kappa shape index (κ1) is 19.1. The van der Waals surface area contributed by atoms with Crippen LogP contribution in [0.3, 0.4) is 0 Å². The highest BCUT2D eigenvalue weighted by Crippen LogP contribution is 2.23. The number of benzene rings is 1. The molecule has 29 heavy (non-hydrogen) atoms. The number of ether oxygens (including phenoxy) is 1. The highest BCUT2D eigenvalue weighted by molar-refractivity contribution is 6.04. The van der Waals surface area contributed by atoms with Crippen molar-refractivity contribution < 1.29 is 9.53 Å². The standard InChI is InChI=1S/C22H25N5O2/c1-15-4-5-19(10-16(15)2)25-21(28)20-11-17(14-26(20)3)18-12-23-22(24-13-18)27-6-8-29-9-7-27/h4-5,10-14H,6-9H2,1-3H3,(H,25,28). The molecule has 0 radical (unpaired) electrons. The Balaban J connectivity index is 1.51. The van der Waals surface area contributed by atoms with Crippen molar-refractivity contribution in [2.24, 2.45) is 7.05 Å². The first-order chi connectivity index (χ1) is 14.0. The van der Waals surface area contributed by atoms with E-state index in [1.807, 2.05) is 49.0 Å². The Labute approximate surface area is 170 Å². The van der Waals surface area contributed by atoms with Crippen molar-refractivity contribution >= 4 is 17.5 Å². The van der Waals surface area contributed by atoms with Gasteiger partial charge >= 0.3 is 0 Å². The maximum atomic E-state index is 12.8. The van der Waals surface area contributed by atoms with Crippen molar-refractivity contribution in [3.63, 3.8) is 0 Å². The van der Waals surface area contributed by atoms with Crippen LogP contribution >= 0.6 is 0 Å². The monoisotopic (exact) mass is 391 g/mol. The molecule has 0 aliphatic carbocycles. The highest BCUT2D eigenvalue weighted by atomic mass is 16.5. The average Bonchev–Trinajstić information content (AvgIpc) is 3.13. The van der Waals surface area contributed by atoms with Gasteiger partial charge < -0.3 is 19.5 Å². The van der Waals surface area contributed by atoms with E-state index < -0.39 is 0 Å². The zero-order valence-corrected chi connectivity index (χ0v) is 17.0. The third-order valence-electron chi connectivity index (χ3n) is 5.27. The molecule has 0 bridgehead atoms. The molecule has 1 saturated heterocycles. The second-order valence-electron chi connectivity index (χ2n) is 7.35. The summed E-state index contributed by atoms with van der Waals surface area (Å²) in [5.41, 5.74) is 5.50. The summed E-state index contributed by atoms with van der Waals surface area (Å²) in [5.74, 6) is 0.563. The number of carbonyl (C=O) groups is 1. The molecular weight excluding hydrogens is 366 g/mol. The van der Waals surface area contributed by atoms with Crippen LogP contribution in [0.4, 0.5) is 11.6 Å². The van der Waals surface area contributed by atoms with Crippen LogP contribution in [0.5, 0.6) is 0 Å². The Morgan fingerprint density at radius 3 is 2.45 bits per heavy atom. The Morgan fingerprint density at radius 2 is 1.76 bits per heavy atom. The number of morpholine rings is 1. The summed E-state index contributed by atoms with van der Waals surface area (Å²) in [6, 6.07) is 7.77. The fourth-order valence-electron chi connectivity index (χ4n) is 3.36. The summed E-state index contributed by atoms with van der Waals surface area (Å²) < 4.78 is 7.19. The van der Waals surface area contributed by atoms with Gasteiger partial charge in [0.05, 0.1) is 13.2 Å². The molecule has 1 aliphatic heterocycles. The molecule has 1 N–H and O–H groups in total. The number of anilines is 2. The van der Waals surface area contributed by atoms with Crippen molar-refractivity contribution in [2.75, 3.05) is 36.5 Å². The lowest BCUT2D eigenvalue weighted by molar-refractivity contribution is 0.101. The Kier molecular flexibility index (Phi) is 5.31. The van der Waals surface area contributed by atoms with Gasteiger partial charge in [0.1, 0.15) is 5.69 Å². The number of hydrogen-bond donors (Lipinski definition) is 1. The molecular formula is C22H25N5O2. The SMILES string of the molecule is Cc1ccc(NC(=O)c2cc(-c3cnc(N4CCOCC4)nc3)cn2C)cc1C. The lowest BCUT2D eigenvalue weighted by atomic mass is 10.1. The van der Waals surface area contributed by atoms with Crippen molar-refractivity contribution in [1.29, 1.82) is 0 Å². The van der Waals surface area contributed by atoms with Crippen LogP contribution in [-0.4, -0.2) is 46.7 Å². The van der Waals surface area contributed by atoms with E-state index in [2.05, 4.69) is 27.1 Å². The average molecular weight is 391 g/mol. The molecule has 150 valence electrons. The van der Waals surface area contributed by atoms with Crippen LogP contribution < -0.4 is 10.2 Å². The largest absolute Gasteiger partial charge is 0.378 e. The van der Waals surface area contributed by atoms with Crippen molar-refractivity contribution in [1.82, 2.24) is 14.5 Å². The zero-order chi connectivity index (χ0) is 20.4. The minimum Gasteiger partial charge on any atom is -0.378 e. The van der Waals surface area contributed by atoms with E-state index in [4.69, 9.17) is 4.74 Å². The first-order valence-electron chi connectivity index (χ1n) is 9.71. The smallest absolute Gasteiger partial charge is 0.272 e. The lowest BCUT2D eigenvalue weighted by Crippen LogP contribution is -2.37. The van der Waals surface area contributed by atoms with Crippen LogP contribution in [0, 0.1) is 13.8 Å². The number of carbonyl (C=O) groups excluding carboxylic acids is 1. The van der Waals surface area contributed by atoms with Crippen molar-refractivity contribution in [2.45, 2.75) is 13.8 Å². The van der Waals surface area contributed by atoms with Gasteiger partial charge in [-0.3, -0.25) is 4.79 Å².